The average molecular weight is 129 g/mol. The standard InChI is InChI=1S/C5H6FN.C2H6/c1-5-2-3-7(6)4-5;1-2/h2-4H,1H3;1-2H3. The molecule has 1 aromatic rings. The monoisotopic (exact) mass is 129 g/mol. The molecule has 0 saturated heterocycles. The zero-order valence-electron chi connectivity index (χ0n) is 6.06. The van der Waals surface area contributed by atoms with Gasteiger partial charge in [0.15, 0.2) is 0 Å². The molecule has 0 N–H and O–H groups in total. The maximum atomic E-state index is 11.8. The van der Waals surface area contributed by atoms with Gasteiger partial charge in [-0.3, -0.25) is 0 Å². The van der Waals surface area contributed by atoms with Crippen LogP contribution >= 0.6 is 0 Å². The average Bonchev–Trinajstić information content (AvgIpc) is 2.20. The fraction of sp³-hybridized carbons (Fsp3) is 0.429. The van der Waals surface area contributed by atoms with E-state index in [0.29, 0.717) is 4.79 Å². The van der Waals surface area contributed by atoms with Crippen molar-refractivity contribution >= 4 is 0 Å². The van der Waals surface area contributed by atoms with Gasteiger partial charge in [0.1, 0.15) is 0 Å². The Morgan fingerprint density at radius 3 is 2.11 bits per heavy atom. The van der Waals surface area contributed by atoms with E-state index >= 15 is 0 Å². The second-order valence-corrected chi connectivity index (χ2v) is 1.53. The smallest absolute Gasteiger partial charge is 0.0408 e. The Labute approximate surface area is 55.1 Å². The summed E-state index contributed by atoms with van der Waals surface area (Å²) in [6, 6.07) is 1.71. The number of aryl methyl sites for hydroxylation is 1. The van der Waals surface area contributed by atoms with Crippen LogP contribution in [-0.4, -0.2) is 4.79 Å². The van der Waals surface area contributed by atoms with Crippen LogP contribution in [0.5, 0.6) is 0 Å². The van der Waals surface area contributed by atoms with Gasteiger partial charge in [-0.15, -0.1) is 0 Å². The summed E-state index contributed by atoms with van der Waals surface area (Å²) in [5, 5.41) is 0. The fourth-order valence-corrected chi connectivity index (χ4v) is 0.469. The van der Waals surface area contributed by atoms with Crippen molar-refractivity contribution in [1.82, 2.24) is 4.79 Å². The second kappa shape index (κ2) is 4.13. The van der Waals surface area contributed by atoms with Crippen LogP contribution in [0.4, 0.5) is 4.48 Å². The van der Waals surface area contributed by atoms with Crippen molar-refractivity contribution in [3.05, 3.63) is 24.0 Å². The third-order valence-electron chi connectivity index (χ3n) is 0.807. The van der Waals surface area contributed by atoms with Gasteiger partial charge in [0, 0.05) is 12.4 Å². The van der Waals surface area contributed by atoms with E-state index in [0.717, 1.165) is 5.56 Å². The van der Waals surface area contributed by atoms with E-state index in [-0.39, 0.29) is 0 Å². The predicted octanol–water partition coefficient (Wildman–Crippen LogP) is 2.56. The van der Waals surface area contributed by atoms with Crippen molar-refractivity contribution in [3.8, 4) is 0 Å². The van der Waals surface area contributed by atoms with E-state index in [1.165, 1.54) is 12.4 Å². The van der Waals surface area contributed by atoms with Crippen LogP contribution in [0.15, 0.2) is 18.5 Å². The molecule has 0 radical (unpaired) electrons. The third-order valence-corrected chi connectivity index (χ3v) is 0.807. The zero-order chi connectivity index (χ0) is 7.28. The summed E-state index contributed by atoms with van der Waals surface area (Å²) in [4.78, 5) is 0.537. The molecular formula is C7H12FN. The van der Waals surface area contributed by atoms with Gasteiger partial charge in [0.05, 0.1) is 0 Å². The van der Waals surface area contributed by atoms with Gasteiger partial charge in [-0.25, -0.2) is 0 Å². The van der Waals surface area contributed by atoms with Crippen LogP contribution in [0.2, 0.25) is 0 Å². The molecule has 1 heterocycles. The Morgan fingerprint density at radius 2 is 2.00 bits per heavy atom. The lowest BCUT2D eigenvalue weighted by molar-refractivity contribution is 0.371. The van der Waals surface area contributed by atoms with E-state index in [4.69, 9.17) is 0 Å². The minimum absolute atomic E-state index is 0.537. The van der Waals surface area contributed by atoms with Gasteiger partial charge in [0.2, 0.25) is 0 Å². The highest BCUT2D eigenvalue weighted by atomic mass is 19.2. The minimum atomic E-state index is 0.537. The summed E-state index contributed by atoms with van der Waals surface area (Å²) in [5.74, 6) is 0. The molecule has 0 aliphatic carbocycles. The summed E-state index contributed by atoms with van der Waals surface area (Å²) in [6.07, 6.45) is 2.79. The summed E-state index contributed by atoms with van der Waals surface area (Å²) in [5.41, 5.74) is 0.947. The number of halogens is 1. The van der Waals surface area contributed by atoms with E-state index in [2.05, 4.69) is 0 Å². The summed E-state index contributed by atoms with van der Waals surface area (Å²) < 4.78 is 11.8. The minimum Gasteiger partial charge on any atom is -0.194 e. The lowest BCUT2D eigenvalue weighted by Crippen LogP contribution is -1.68. The van der Waals surface area contributed by atoms with Gasteiger partial charge in [-0.05, 0) is 18.6 Å². The molecule has 0 aromatic carbocycles. The first kappa shape index (κ1) is 8.21. The van der Waals surface area contributed by atoms with E-state index in [1.54, 1.807) is 6.07 Å². The van der Waals surface area contributed by atoms with Crippen molar-refractivity contribution in [2.24, 2.45) is 0 Å². The van der Waals surface area contributed by atoms with Gasteiger partial charge < -0.3 is 0 Å². The molecule has 0 saturated carbocycles. The first-order valence-corrected chi connectivity index (χ1v) is 3.10. The van der Waals surface area contributed by atoms with Crippen molar-refractivity contribution in [1.29, 1.82) is 0 Å². The van der Waals surface area contributed by atoms with Crippen LogP contribution in [-0.2, 0) is 0 Å². The molecule has 0 unspecified atom stereocenters. The zero-order valence-corrected chi connectivity index (χ0v) is 6.06. The van der Waals surface area contributed by atoms with Crippen molar-refractivity contribution in [3.63, 3.8) is 0 Å². The molecular weight excluding hydrogens is 117 g/mol. The first-order valence-electron chi connectivity index (χ1n) is 3.10. The van der Waals surface area contributed by atoms with Gasteiger partial charge in [-0.2, -0.15) is 4.79 Å². The molecule has 1 rings (SSSR count). The lowest BCUT2D eigenvalue weighted by Gasteiger charge is -1.74. The predicted molar refractivity (Wildman–Crippen MR) is 37.0 cm³/mol. The Kier molecular flexibility index (Phi) is 3.76. The Hall–Kier alpha value is -0.790. The number of hydrogen-bond acceptors (Lipinski definition) is 0. The van der Waals surface area contributed by atoms with Gasteiger partial charge in [-0.1, -0.05) is 18.3 Å². The largest absolute Gasteiger partial charge is 0.194 e. The number of aromatic nitrogens is 1. The highest BCUT2D eigenvalue weighted by molar-refractivity contribution is 5.05. The van der Waals surface area contributed by atoms with Crippen LogP contribution in [0.3, 0.4) is 0 Å². The molecule has 9 heavy (non-hydrogen) atoms. The van der Waals surface area contributed by atoms with Crippen LogP contribution in [0.1, 0.15) is 19.4 Å². The molecule has 1 nitrogen and oxygen atoms in total. The SMILES string of the molecule is CC.Cc1ccn(F)c1. The Bertz CT molecular complexity index is 141. The van der Waals surface area contributed by atoms with E-state index < -0.39 is 0 Å². The molecule has 0 amide bonds. The molecule has 52 valence electrons. The van der Waals surface area contributed by atoms with Crippen LogP contribution in [0, 0.1) is 6.92 Å². The summed E-state index contributed by atoms with van der Waals surface area (Å²) >= 11 is 0. The summed E-state index contributed by atoms with van der Waals surface area (Å²) in [7, 11) is 0. The summed E-state index contributed by atoms with van der Waals surface area (Å²) in [6.45, 7) is 5.84. The number of hydrogen-bond donors (Lipinski definition) is 0. The van der Waals surface area contributed by atoms with Crippen molar-refractivity contribution in [2.75, 3.05) is 0 Å². The molecule has 0 bridgehead atoms. The fourth-order valence-electron chi connectivity index (χ4n) is 0.469. The lowest BCUT2D eigenvalue weighted by atomic mass is 10.4. The third kappa shape index (κ3) is 2.90. The Balaban J connectivity index is 0.000000291. The Morgan fingerprint density at radius 1 is 1.44 bits per heavy atom. The quantitative estimate of drug-likeness (QED) is 0.507. The van der Waals surface area contributed by atoms with E-state index in [9.17, 15) is 4.48 Å². The topological polar surface area (TPSA) is 4.93 Å². The van der Waals surface area contributed by atoms with E-state index in [1.807, 2.05) is 20.8 Å². The van der Waals surface area contributed by atoms with Crippen molar-refractivity contribution < 1.29 is 4.48 Å². The molecule has 0 aliphatic heterocycles. The maximum Gasteiger partial charge on any atom is 0.0408 e. The highest BCUT2D eigenvalue weighted by Crippen LogP contribution is 1.95. The van der Waals surface area contributed by atoms with Gasteiger partial charge >= 0.3 is 0 Å². The first-order chi connectivity index (χ1) is 4.29. The van der Waals surface area contributed by atoms with Gasteiger partial charge in [0.25, 0.3) is 0 Å². The highest BCUT2D eigenvalue weighted by Gasteiger charge is 1.83. The number of nitrogens with zero attached hydrogens (tertiary/aromatic N) is 1. The van der Waals surface area contributed by atoms with Crippen LogP contribution < -0.4 is 0 Å². The molecule has 0 aliphatic rings. The molecule has 1 aromatic heterocycles. The molecule has 2 heteroatoms. The normalized spacial score (nSPS) is 8.00. The second-order valence-electron chi connectivity index (χ2n) is 1.53. The van der Waals surface area contributed by atoms with Crippen molar-refractivity contribution in [2.45, 2.75) is 20.8 Å². The number of rotatable bonds is 0. The van der Waals surface area contributed by atoms with Crippen LogP contribution in [0.25, 0.3) is 0 Å². The molecule has 0 spiro atoms. The molecule has 0 fully saturated rings. The maximum absolute atomic E-state index is 11.8. The molecule has 0 atom stereocenters.